The molecule has 0 fully saturated rings. The SMILES string of the molecule is CC(Nc1cccc(Cl)c1Cl)c1ccc(S(C)(=O)=O)cc1. The van der Waals surface area contributed by atoms with Crippen molar-refractivity contribution in [2.45, 2.75) is 17.9 Å². The normalized spacial score (nSPS) is 13.0. The molecular formula is C15H15Cl2NO2S. The van der Waals surface area contributed by atoms with Gasteiger partial charge in [0.2, 0.25) is 0 Å². The van der Waals surface area contributed by atoms with Crippen LogP contribution in [-0.2, 0) is 9.84 Å². The smallest absolute Gasteiger partial charge is 0.175 e. The van der Waals surface area contributed by atoms with Crippen LogP contribution in [0.25, 0.3) is 0 Å². The van der Waals surface area contributed by atoms with Crippen molar-refractivity contribution in [1.29, 1.82) is 0 Å². The van der Waals surface area contributed by atoms with Crippen LogP contribution in [0.15, 0.2) is 47.4 Å². The number of hydrogen-bond donors (Lipinski definition) is 1. The van der Waals surface area contributed by atoms with E-state index in [2.05, 4.69) is 5.32 Å². The molecule has 1 unspecified atom stereocenters. The Balaban J connectivity index is 2.21. The fourth-order valence-electron chi connectivity index (χ4n) is 1.94. The number of hydrogen-bond acceptors (Lipinski definition) is 3. The van der Waals surface area contributed by atoms with E-state index in [0.29, 0.717) is 14.9 Å². The second-order valence-electron chi connectivity index (χ2n) is 4.81. The van der Waals surface area contributed by atoms with Crippen molar-refractivity contribution >= 4 is 38.7 Å². The summed E-state index contributed by atoms with van der Waals surface area (Å²) in [6.07, 6.45) is 1.19. The Kier molecular flexibility index (Phi) is 4.81. The lowest BCUT2D eigenvalue weighted by molar-refractivity contribution is 0.602. The van der Waals surface area contributed by atoms with Crippen molar-refractivity contribution < 1.29 is 8.42 Å². The molecular weight excluding hydrogens is 329 g/mol. The predicted octanol–water partition coefficient (Wildman–Crippen LogP) is 4.57. The summed E-state index contributed by atoms with van der Waals surface area (Å²) in [6.45, 7) is 1.96. The van der Waals surface area contributed by atoms with Gasteiger partial charge in [0.25, 0.3) is 0 Å². The molecule has 0 heterocycles. The lowest BCUT2D eigenvalue weighted by atomic mass is 10.1. The van der Waals surface area contributed by atoms with Gasteiger partial charge in [0.15, 0.2) is 9.84 Å². The monoisotopic (exact) mass is 343 g/mol. The van der Waals surface area contributed by atoms with Gasteiger partial charge in [-0.25, -0.2) is 8.42 Å². The van der Waals surface area contributed by atoms with Crippen molar-refractivity contribution in [3.05, 3.63) is 58.1 Å². The van der Waals surface area contributed by atoms with E-state index in [1.807, 2.05) is 19.1 Å². The molecule has 6 heteroatoms. The van der Waals surface area contributed by atoms with Crippen LogP contribution in [0.4, 0.5) is 5.69 Å². The molecule has 0 amide bonds. The van der Waals surface area contributed by atoms with Crippen LogP contribution in [-0.4, -0.2) is 14.7 Å². The van der Waals surface area contributed by atoms with Crippen LogP contribution in [0.2, 0.25) is 10.0 Å². The van der Waals surface area contributed by atoms with Crippen molar-refractivity contribution in [1.82, 2.24) is 0 Å². The zero-order valence-electron chi connectivity index (χ0n) is 11.6. The van der Waals surface area contributed by atoms with Gasteiger partial charge >= 0.3 is 0 Å². The topological polar surface area (TPSA) is 46.2 Å². The Morgan fingerprint density at radius 1 is 1.05 bits per heavy atom. The highest BCUT2D eigenvalue weighted by Crippen LogP contribution is 2.32. The molecule has 0 aliphatic carbocycles. The molecule has 3 nitrogen and oxygen atoms in total. The molecule has 0 saturated carbocycles. The molecule has 1 N–H and O–H groups in total. The summed E-state index contributed by atoms with van der Waals surface area (Å²) in [7, 11) is -3.18. The maximum absolute atomic E-state index is 11.4. The molecule has 1 atom stereocenters. The van der Waals surface area contributed by atoms with E-state index >= 15 is 0 Å². The molecule has 0 aliphatic rings. The van der Waals surface area contributed by atoms with Crippen LogP contribution in [0.3, 0.4) is 0 Å². The summed E-state index contributed by atoms with van der Waals surface area (Å²) < 4.78 is 22.9. The van der Waals surface area contributed by atoms with E-state index in [4.69, 9.17) is 23.2 Å². The molecule has 2 rings (SSSR count). The van der Waals surface area contributed by atoms with Crippen LogP contribution in [0, 0.1) is 0 Å². The lowest BCUT2D eigenvalue weighted by Gasteiger charge is -2.17. The second kappa shape index (κ2) is 6.26. The van der Waals surface area contributed by atoms with Gasteiger partial charge in [-0.3, -0.25) is 0 Å². The number of halogens is 2. The fourth-order valence-corrected chi connectivity index (χ4v) is 2.92. The van der Waals surface area contributed by atoms with Crippen molar-refractivity contribution in [2.75, 3.05) is 11.6 Å². The van der Waals surface area contributed by atoms with Gasteiger partial charge in [0, 0.05) is 12.3 Å². The third-order valence-corrected chi connectivity index (χ3v) is 5.08. The molecule has 0 spiro atoms. The zero-order chi connectivity index (χ0) is 15.6. The van der Waals surface area contributed by atoms with Gasteiger partial charge in [-0.05, 0) is 36.8 Å². The third kappa shape index (κ3) is 3.90. The van der Waals surface area contributed by atoms with Crippen molar-refractivity contribution in [2.24, 2.45) is 0 Å². The Morgan fingerprint density at radius 2 is 1.67 bits per heavy atom. The Bertz CT molecular complexity index is 743. The van der Waals surface area contributed by atoms with Gasteiger partial charge in [-0.1, -0.05) is 41.4 Å². The van der Waals surface area contributed by atoms with Gasteiger partial charge in [0.1, 0.15) is 0 Å². The first-order chi connectivity index (χ1) is 9.79. The molecule has 2 aromatic rings. The first kappa shape index (κ1) is 16.1. The number of sulfone groups is 1. The number of rotatable bonds is 4. The number of anilines is 1. The van der Waals surface area contributed by atoms with Crippen molar-refractivity contribution in [3.63, 3.8) is 0 Å². The summed E-state index contributed by atoms with van der Waals surface area (Å²) in [6, 6.07) is 12.1. The maximum atomic E-state index is 11.4. The quantitative estimate of drug-likeness (QED) is 0.884. The standard InChI is InChI=1S/C15H15Cl2NO2S/c1-10(18-14-5-3-4-13(16)15(14)17)11-6-8-12(9-7-11)21(2,19)20/h3-10,18H,1-2H3. The first-order valence-corrected chi connectivity index (χ1v) is 8.94. The van der Waals surface area contributed by atoms with Gasteiger partial charge < -0.3 is 5.32 Å². The highest BCUT2D eigenvalue weighted by molar-refractivity contribution is 7.90. The van der Waals surface area contributed by atoms with E-state index < -0.39 is 9.84 Å². The van der Waals surface area contributed by atoms with Crippen LogP contribution in [0.5, 0.6) is 0 Å². The molecule has 0 bridgehead atoms. The molecule has 2 aromatic carbocycles. The number of nitrogens with one attached hydrogen (secondary N) is 1. The Morgan fingerprint density at radius 3 is 2.24 bits per heavy atom. The Labute approximate surface area is 134 Å². The minimum atomic E-state index is -3.18. The van der Waals surface area contributed by atoms with E-state index in [1.54, 1.807) is 30.3 Å². The fraction of sp³-hybridized carbons (Fsp3) is 0.200. The Hall–Kier alpha value is -1.23. The average molecular weight is 344 g/mol. The highest BCUT2D eigenvalue weighted by Gasteiger charge is 2.11. The zero-order valence-corrected chi connectivity index (χ0v) is 13.9. The molecule has 0 aromatic heterocycles. The van der Waals surface area contributed by atoms with Crippen LogP contribution >= 0.6 is 23.2 Å². The minimum Gasteiger partial charge on any atom is -0.377 e. The minimum absolute atomic E-state index is 0.0328. The van der Waals surface area contributed by atoms with Crippen LogP contribution < -0.4 is 5.32 Å². The van der Waals surface area contributed by atoms with E-state index in [9.17, 15) is 8.42 Å². The van der Waals surface area contributed by atoms with E-state index in [0.717, 1.165) is 11.3 Å². The van der Waals surface area contributed by atoms with Crippen LogP contribution in [0.1, 0.15) is 18.5 Å². The number of benzene rings is 2. The summed E-state index contributed by atoms with van der Waals surface area (Å²) in [5.41, 5.74) is 1.70. The van der Waals surface area contributed by atoms with Gasteiger partial charge in [0.05, 0.1) is 20.6 Å². The first-order valence-electron chi connectivity index (χ1n) is 6.29. The average Bonchev–Trinajstić information content (AvgIpc) is 2.43. The summed E-state index contributed by atoms with van der Waals surface area (Å²) in [5, 5.41) is 4.22. The van der Waals surface area contributed by atoms with E-state index in [-0.39, 0.29) is 6.04 Å². The van der Waals surface area contributed by atoms with Crippen molar-refractivity contribution in [3.8, 4) is 0 Å². The summed E-state index contributed by atoms with van der Waals surface area (Å²) >= 11 is 12.1. The predicted molar refractivity (Wildman–Crippen MR) is 88.1 cm³/mol. The second-order valence-corrected chi connectivity index (χ2v) is 7.61. The highest BCUT2D eigenvalue weighted by atomic mass is 35.5. The molecule has 112 valence electrons. The molecule has 0 aliphatic heterocycles. The maximum Gasteiger partial charge on any atom is 0.175 e. The van der Waals surface area contributed by atoms with E-state index in [1.165, 1.54) is 6.26 Å². The third-order valence-electron chi connectivity index (χ3n) is 3.13. The summed E-state index contributed by atoms with van der Waals surface area (Å²) in [4.78, 5) is 0.305. The molecule has 21 heavy (non-hydrogen) atoms. The summed E-state index contributed by atoms with van der Waals surface area (Å²) in [5.74, 6) is 0. The molecule has 0 saturated heterocycles. The molecule has 0 radical (unpaired) electrons. The van der Waals surface area contributed by atoms with Gasteiger partial charge in [-0.15, -0.1) is 0 Å². The largest absolute Gasteiger partial charge is 0.377 e. The van der Waals surface area contributed by atoms with Gasteiger partial charge in [-0.2, -0.15) is 0 Å². The lowest BCUT2D eigenvalue weighted by Crippen LogP contribution is -2.07.